The molecule has 0 aliphatic carbocycles. The van der Waals surface area contributed by atoms with Crippen molar-refractivity contribution < 1.29 is 14.3 Å². The maximum Gasteiger partial charge on any atom is 0.336 e. The van der Waals surface area contributed by atoms with Gasteiger partial charge in [0, 0.05) is 37.2 Å². The van der Waals surface area contributed by atoms with Gasteiger partial charge in [-0.1, -0.05) is 6.92 Å². The molecule has 0 bridgehead atoms. The van der Waals surface area contributed by atoms with E-state index in [9.17, 15) is 9.90 Å². The van der Waals surface area contributed by atoms with Crippen molar-refractivity contribution in [2.24, 2.45) is 0 Å². The summed E-state index contributed by atoms with van der Waals surface area (Å²) in [5.41, 5.74) is 1.77. The molecule has 2 aromatic rings. The van der Waals surface area contributed by atoms with Gasteiger partial charge in [0.15, 0.2) is 0 Å². The third-order valence-corrected chi connectivity index (χ3v) is 4.12. The van der Waals surface area contributed by atoms with E-state index in [0.29, 0.717) is 12.1 Å². The van der Waals surface area contributed by atoms with E-state index in [1.54, 1.807) is 0 Å². The van der Waals surface area contributed by atoms with Gasteiger partial charge < -0.3 is 19.6 Å². The molecule has 1 aromatic carbocycles. The molecule has 0 saturated carbocycles. The number of hydrogen-bond donors (Lipinski definition) is 2. The summed E-state index contributed by atoms with van der Waals surface area (Å²) < 4.78 is 10.8. The second-order valence-electron chi connectivity index (χ2n) is 5.69. The number of rotatable bonds is 5. The maximum atomic E-state index is 11.7. The average molecular weight is 303 g/mol. The van der Waals surface area contributed by atoms with Gasteiger partial charge in [-0.05, 0) is 36.5 Å². The van der Waals surface area contributed by atoms with Crippen LogP contribution < -0.4 is 10.9 Å². The molecule has 22 heavy (non-hydrogen) atoms. The molecular formula is C17H21NO4. The van der Waals surface area contributed by atoms with Crippen LogP contribution in [0.5, 0.6) is 5.75 Å². The van der Waals surface area contributed by atoms with Crippen molar-refractivity contribution in [2.75, 3.05) is 13.2 Å². The lowest BCUT2D eigenvalue weighted by Crippen LogP contribution is -2.26. The van der Waals surface area contributed by atoms with Crippen LogP contribution in [-0.2, 0) is 17.7 Å². The zero-order chi connectivity index (χ0) is 15.5. The number of ether oxygens (including phenoxy) is 1. The van der Waals surface area contributed by atoms with Crippen LogP contribution in [-0.4, -0.2) is 24.4 Å². The minimum atomic E-state index is -0.398. The zero-order valence-corrected chi connectivity index (χ0v) is 12.7. The van der Waals surface area contributed by atoms with Crippen LogP contribution in [0.4, 0.5) is 0 Å². The van der Waals surface area contributed by atoms with Gasteiger partial charge in [-0.2, -0.15) is 0 Å². The van der Waals surface area contributed by atoms with Crippen LogP contribution in [0.2, 0.25) is 0 Å². The summed E-state index contributed by atoms with van der Waals surface area (Å²) in [5.74, 6) is 0.169. The van der Waals surface area contributed by atoms with Crippen LogP contribution in [0, 0.1) is 0 Å². The number of hydrogen-bond acceptors (Lipinski definition) is 5. The molecule has 2 N–H and O–H groups in total. The Kier molecular flexibility index (Phi) is 4.45. The number of nitrogens with one attached hydrogen (secondary N) is 1. The van der Waals surface area contributed by atoms with Gasteiger partial charge >= 0.3 is 5.63 Å². The lowest BCUT2D eigenvalue weighted by atomic mass is 10.0. The van der Waals surface area contributed by atoms with Gasteiger partial charge in [0.2, 0.25) is 0 Å². The Bertz CT molecular complexity index is 716. The van der Waals surface area contributed by atoms with E-state index in [-0.39, 0.29) is 11.9 Å². The third kappa shape index (κ3) is 3.15. The molecular weight excluding hydrogens is 282 g/mol. The first-order chi connectivity index (χ1) is 10.7. The summed E-state index contributed by atoms with van der Waals surface area (Å²) in [7, 11) is 0. The van der Waals surface area contributed by atoms with Crippen molar-refractivity contribution in [3.8, 4) is 5.75 Å². The van der Waals surface area contributed by atoms with Crippen LogP contribution in [0.1, 0.15) is 30.9 Å². The van der Waals surface area contributed by atoms with E-state index in [1.807, 2.05) is 13.0 Å². The molecule has 2 heterocycles. The Labute approximate surface area is 128 Å². The van der Waals surface area contributed by atoms with E-state index >= 15 is 0 Å². The van der Waals surface area contributed by atoms with Crippen molar-refractivity contribution in [3.63, 3.8) is 0 Å². The Morgan fingerprint density at radius 3 is 2.91 bits per heavy atom. The van der Waals surface area contributed by atoms with Gasteiger partial charge in [-0.15, -0.1) is 0 Å². The number of phenolic OH excluding ortho intramolecular Hbond substituents is 1. The Balaban J connectivity index is 1.85. The minimum absolute atomic E-state index is 0.169. The fraction of sp³-hybridized carbons (Fsp3) is 0.471. The summed E-state index contributed by atoms with van der Waals surface area (Å²) in [6.07, 6.45) is 3.19. The normalized spacial score (nSPS) is 18.1. The molecule has 0 spiro atoms. The highest BCUT2D eigenvalue weighted by atomic mass is 16.5. The van der Waals surface area contributed by atoms with Crippen molar-refractivity contribution >= 4 is 11.0 Å². The Morgan fingerprint density at radius 2 is 2.18 bits per heavy atom. The summed E-state index contributed by atoms with van der Waals surface area (Å²) in [4.78, 5) is 11.7. The third-order valence-electron chi connectivity index (χ3n) is 4.12. The molecule has 1 aromatic heterocycles. The molecule has 5 nitrogen and oxygen atoms in total. The van der Waals surface area contributed by atoms with Gasteiger partial charge in [-0.25, -0.2) is 4.79 Å². The molecule has 0 amide bonds. The zero-order valence-electron chi connectivity index (χ0n) is 12.7. The van der Waals surface area contributed by atoms with E-state index < -0.39 is 5.63 Å². The van der Waals surface area contributed by atoms with E-state index in [4.69, 9.17) is 9.15 Å². The number of benzene rings is 1. The predicted octanol–water partition coefficient (Wildman–Crippen LogP) is 2.33. The van der Waals surface area contributed by atoms with Gasteiger partial charge in [-0.3, -0.25) is 0 Å². The Hall–Kier alpha value is -1.85. The first kappa shape index (κ1) is 15.1. The summed E-state index contributed by atoms with van der Waals surface area (Å²) in [5, 5.41) is 14.1. The number of phenols is 1. The van der Waals surface area contributed by atoms with Crippen molar-refractivity contribution in [2.45, 2.75) is 38.8 Å². The molecule has 118 valence electrons. The van der Waals surface area contributed by atoms with Crippen LogP contribution in [0.25, 0.3) is 11.0 Å². The monoisotopic (exact) mass is 303 g/mol. The molecule has 1 saturated heterocycles. The molecule has 1 atom stereocenters. The van der Waals surface area contributed by atoms with Crippen LogP contribution >= 0.6 is 0 Å². The molecule has 1 fully saturated rings. The molecule has 0 unspecified atom stereocenters. The van der Waals surface area contributed by atoms with Gasteiger partial charge in [0.05, 0.1) is 6.10 Å². The SMILES string of the molecule is CCc1cc2c(CNC[C@@H]3CCCO3)cc(=O)oc2cc1O. The van der Waals surface area contributed by atoms with Crippen molar-refractivity contribution in [1.29, 1.82) is 0 Å². The fourth-order valence-electron chi connectivity index (χ4n) is 2.91. The largest absolute Gasteiger partial charge is 0.508 e. The van der Waals surface area contributed by atoms with Crippen LogP contribution in [0.3, 0.4) is 0 Å². The van der Waals surface area contributed by atoms with E-state index in [1.165, 1.54) is 12.1 Å². The Morgan fingerprint density at radius 1 is 1.32 bits per heavy atom. The number of aryl methyl sites for hydroxylation is 1. The van der Waals surface area contributed by atoms with Gasteiger partial charge in [0.1, 0.15) is 11.3 Å². The highest BCUT2D eigenvalue weighted by Gasteiger charge is 2.15. The molecule has 1 aliphatic rings. The highest BCUT2D eigenvalue weighted by molar-refractivity contribution is 5.82. The molecule has 1 aliphatic heterocycles. The maximum absolute atomic E-state index is 11.7. The minimum Gasteiger partial charge on any atom is -0.508 e. The number of aromatic hydroxyl groups is 1. The predicted molar refractivity (Wildman–Crippen MR) is 84.2 cm³/mol. The van der Waals surface area contributed by atoms with E-state index in [2.05, 4.69) is 5.32 Å². The average Bonchev–Trinajstić information content (AvgIpc) is 2.99. The first-order valence-corrected chi connectivity index (χ1v) is 7.78. The second kappa shape index (κ2) is 6.50. The summed E-state index contributed by atoms with van der Waals surface area (Å²) in [6.45, 7) is 4.18. The number of fused-ring (bicyclic) bond motifs is 1. The lowest BCUT2D eigenvalue weighted by Gasteiger charge is -2.12. The summed E-state index contributed by atoms with van der Waals surface area (Å²) >= 11 is 0. The quantitative estimate of drug-likeness (QED) is 0.830. The molecule has 3 rings (SSSR count). The van der Waals surface area contributed by atoms with Crippen LogP contribution in [0.15, 0.2) is 27.4 Å². The molecule has 0 radical (unpaired) electrons. The topological polar surface area (TPSA) is 71.7 Å². The second-order valence-corrected chi connectivity index (χ2v) is 5.69. The van der Waals surface area contributed by atoms with E-state index in [0.717, 1.165) is 48.9 Å². The summed E-state index contributed by atoms with van der Waals surface area (Å²) in [6, 6.07) is 4.94. The smallest absolute Gasteiger partial charge is 0.336 e. The van der Waals surface area contributed by atoms with Crippen molar-refractivity contribution in [3.05, 3.63) is 39.7 Å². The lowest BCUT2D eigenvalue weighted by molar-refractivity contribution is 0.110. The molecule has 5 heteroatoms. The van der Waals surface area contributed by atoms with Gasteiger partial charge in [0.25, 0.3) is 0 Å². The fourth-order valence-corrected chi connectivity index (χ4v) is 2.91. The highest BCUT2D eigenvalue weighted by Crippen LogP contribution is 2.26. The van der Waals surface area contributed by atoms with Crippen molar-refractivity contribution in [1.82, 2.24) is 5.32 Å². The standard InChI is InChI=1S/C17H21NO4/c1-2-11-6-14-12(9-18-10-13-4-3-5-21-13)7-17(20)22-16(14)8-15(11)19/h6-8,13,18-19H,2-5,9-10H2,1H3/t13-/m0/s1. The first-order valence-electron chi connectivity index (χ1n) is 7.78.